The molecule has 0 saturated heterocycles. The fourth-order valence-corrected chi connectivity index (χ4v) is 1.70. The number of unbranched alkanes of at least 4 members (excludes halogenated alkanes) is 1. The number of rotatable bonds is 9. The van der Waals surface area contributed by atoms with E-state index in [4.69, 9.17) is 10.5 Å². The number of nitrogens with two attached hydrogens (primary N) is 1. The van der Waals surface area contributed by atoms with Crippen molar-refractivity contribution in [1.82, 2.24) is 5.32 Å². The second-order valence-corrected chi connectivity index (χ2v) is 4.00. The molecule has 0 fully saturated rings. The van der Waals surface area contributed by atoms with Gasteiger partial charge in [0.2, 0.25) is 0 Å². The minimum absolute atomic E-state index is 0.0892. The smallest absolute Gasteiger partial charge is 0.387 e. The average molecular weight is 274 g/mol. The highest BCUT2D eigenvalue weighted by Crippen LogP contribution is 2.32. The van der Waals surface area contributed by atoms with Crippen molar-refractivity contribution in [2.45, 2.75) is 26.0 Å². The molecule has 0 unspecified atom stereocenters. The number of alkyl halides is 2. The van der Waals surface area contributed by atoms with E-state index in [-0.39, 0.29) is 5.75 Å². The van der Waals surface area contributed by atoms with E-state index in [1.54, 1.807) is 18.2 Å². The third kappa shape index (κ3) is 5.40. The maximum Gasteiger partial charge on any atom is 0.387 e. The zero-order valence-corrected chi connectivity index (χ0v) is 11.0. The van der Waals surface area contributed by atoms with Crippen LogP contribution in [0, 0.1) is 0 Å². The van der Waals surface area contributed by atoms with Gasteiger partial charge in [-0.2, -0.15) is 8.78 Å². The first kappa shape index (κ1) is 15.7. The summed E-state index contributed by atoms with van der Waals surface area (Å²) in [6.45, 7) is -0.986. The van der Waals surface area contributed by atoms with Gasteiger partial charge in [0.05, 0.1) is 7.11 Å². The zero-order valence-electron chi connectivity index (χ0n) is 11.0. The maximum atomic E-state index is 12.4. The maximum absolute atomic E-state index is 12.4. The highest BCUT2D eigenvalue weighted by atomic mass is 19.3. The van der Waals surface area contributed by atoms with E-state index < -0.39 is 6.61 Å². The van der Waals surface area contributed by atoms with Gasteiger partial charge in [0.25, 0.3) is 0 Å². The molecule has 4 nitrogen and oxygen atoms in total. The SMILES string of the molecule is COc1cccc(CNCCCCN)c1OC(F)F. The van der Waals surface area contributed by atoms with Gasteiger partial charge in [-0.1, -0.05) is 12.1 Å². The fourth-order valence-electron chi connectivity index (χ4n) is 1.70. The van der Waals surface area contributed by atoms with Gasteiger partial charge < -0.3 is 20.5 Å². The lowest BCUT2D eigenvalue weighted by molar-refractivity contribution is -0.0518. The Bertz CT molecular complexity index is 376. The normalized spacial score (nSPS) is 10.8. The molecule has 0 aliphatic carbocycles. The molecule has 1 rings (SSSR count). The summed E-state index contributed by atoms with van der Waals surface area (Å²) in [5.41, 5.74) is 6.04. The second kappa shape index (κ2) is 8.66. The average Bonchev–Trinajstić information content (AvgIpc) is 2.39. The monoisotopic (exact) mass is 274 g/mol. The quantitative estimate of drug-likeness (QED) is 0.677. The van der Waals surface area contributed by atoms with E-state index in [2.05, 4.69) is 10.1 Å². The molecule has 0 spiro atoms. The molecule has 0 heterocycles. The molecular weight excluding hydrogens is 254 g/mol. The van der Waals surface area contributed by atoms with E-state index in [9.17, 15) is 8.78 Å². The Hall–Kier alpha value is -1.40. The molecule has 0 aliphatic rings. The number of halogens is 2. The van der Waals surface area contributed by atoms with Crippen molar-refractivity contribution in [2.24, 2.45) is 5.73 Å². The van der Waals surface area contributed by atoms with E-state index in [0.29, 0.717) is 24.4 Å². The van der Waals surface area contributed by atoms with Crippen LogP contribution in [0.1, 0.15) is 18.4 Å². The summed E-state index contributed by atoms with van der Waals surface area (Å²) in [6.07, 6.45) is 1.89. The number of para-hydroxylation sites is 1. The summed E-state index contributed by atoms with van der Waals surface area (Å²) >= 11 is 0. The Morgan fingerprint density at radius 1 is 1.32 bits per heavy atom. The van der Waals surface area contributed by atoms with Gasteiger partial charge in [0.15, 0.2) is 11.5 Å². The van der Waals surface area contributed by atoms with Crippen molar-refractivity contribution in [3.63, 3.8) is 0 Å². The van der Waals surface area contributed by atoms with Crippen LogP contribution in [0.5, 0.6) is 11.5 Å². The zero-order chi connectivity index (χ0) is 14.1. The number of hydrogen-bond acceptors (Lipinski definition) is 4. The minimum Gasteiger partial charge on any atom is -0.493 e. The van der Waals surface area contributed by atoms with Gasteiger partial charge in [-0.3, -0.25) is 0 Å². The van der Waals surface area contributed by atoms with E-state index >= 15 is 0 Å². The van der Waals surface area contributed by atoms with Crippen molar-refractivity contribution in [3.05, 3.63) is 23.8 Å². The number of ether oxygens (including phenoxy) is 2. The molecule has 0 atom stereocenters. The predicted octanol–water partition coefficient (Wildman–Crippen LogP) is 2.13. The Morgan fingerprint density at radius 2 is 2.11 bits per heavy atom. The van der Waals surface area contributed by atoms with Crippen LogP contribution >= 0.6 is 0 Å². The molecule has 0 amide bonds. The molecular formula is C13H20F2N2O2. The number of hydrogen-bond donors (Lipinski definition) is 2. The standard InChI is InChI=1S/C13H20F2N2O2/c1-18-11-6-4-5-10(12(11)19-13(14)15)9-17-8-3-2-7-16/h4-6,13,17H,2-3,7-9,16H2,1H3. The van der Waals surface area contributed by atoms with Gasteiger partial charge in [0.1, 0.15) is 0 Å². The van der Waals surface area contributed by atoms with Crippen molar-refractivity contribution in [2.75, 3.05) is 20.2 Å². The van der Waals surface area contributed by atoms with Crippen LogP contribution in [-0.4, -0.2) is 26.8 Å². The molecule has 3 N–H and O–H groups in total. The largest absolute Gasteiger partial charge is 0.493 e. The van der Waals surface area contributed by atoms with E-state index in [1.165, 1.54) is 7.11 Å². The first-order chi connectivity index (χ1) is 9.19. The van der Waals surface area contributed by atoms with Crippen LogP contribution in [0.2, 0.25) is 0 Å². The van der Waals surface area contributed by atoms with Gasteiger partial charge in [0, 0.05) is 12.1 Å². The number of methoxy groups -OCH3 is 1. The number of benzene rings is 1. The lowest BCUT2D eigenvalue weighted by atomic mass is 10.2. The van der Waals surface area contributed by atoms with Gasteiger partial charge in [-0.25, -0.2) is 0 Å². The molecule has 0 aromatic heterocycles. The Balaban J connectivity index is 2.64. The highest BCUT2D eigenvalue weighted by Gasteiger charge is 2.14. The third-order valence-corrected chi connectivity index (χ3v) is 2.61. The van der Waals surface area contributed by atoms with Crippen molar-refractivity contribution < 1.29 is 18.3 Å². The molecule has 0 bridgehead atoms. The van der Waals surface area contributed by atoms with Crippen LogP contribution in [0.25, 0.3) is 0 Å². The lowest BCUT2D eigenvalue weighted by Crippen LogP contribution is -2.17. The predicted molar refractivity (Wildman–Crippen MR) is 69.6 cm³/mol. The highest BCUT2D eigenvalue weighted by molar-refractivity contribution is 5.46. The molecule has 1 aromatic rings. The first-order valence-electron chi connectivity index (χ1n) is 6.20. The van der Waals surface area contributed by atoms with Crippen molar-refractivity contribution >= 4 is 0 Å². The first-order valence-corrected chi connectivity index (χ1v) is 6.20. The van der Waals surface area contributed by atoms with Crippen LogP contribution in [0.4, 0.5) is 8.78 Å². The molecule has 6 heteroatoms. The van der Waals surface area contributed by atoms with Gasteiger partial charge in [-0.05, 0) is 32.0 Å². The molecule has 0 radical (unpaired) electrons. The fraction of sp³-hybridized carbons (Fsp3) is 0.538. The summed E-state index contributed by atoms with van der Waals surface area (Å²) < 4.78 is 34.3. The Morgan fingerprint density at radius 3 is 2.74 bits per heavy atom. The van der Waals surface area contributed by atoms with Crippen LogP contribution in [0.15, 0.2) is 18.2 Å². The summed E-state index contributed by atoms with van der Waals surface area (Å²) in [5, 5.41) is 3.17. The van der Waals surface area contributed by atoms with E-state index in [0.717, 1.165) is 19.4 Å². The van der Waals surface area contributed by atoms with Crippen LogP contribution < -0.4 is 20.5 Å². The van der Waals surface area contributed by atoms with E-state index in [1.807, 2.05) is 0 Å². The topological polar surface area (TPSA) is 56.5 Å². The molecule has 0 aliphatic heterocycles. The summed E-state index contributed by atoms with van der Waals surface area (Å²) in [5.74, 6) is 0.396. The van der Waals surface area contributed by atoms with Crippen molar-refractivity contribution in [3.8, 4) is 11.5 Å². The molecule has 0 saturated carbocycles. The molecule has 19 heavy (non-hydrogen) atoms. The van der Waals surface area contributed by atoms with Gasteiger partial charge >= 0.3 is 6.61 Å². The third-order valence-electron chi connectivity index (χ3n) is 2.61. The summed E-state index contributed by atoms with van der Waals surface area (Å²) in [7, 11) is 1.42. The minimum atomic E-state index is -2.87. The Labute approximate surface area is 111 Å². The van der Waals surface area contributed by atoms with Crippen molar-refractivity contribution in [1.29, 1.82) is 0 Å². The second-order valence-electron chi connectivity index (χ2n) is 4.00. The Kier molecular flexibility index (Phi) is 7.14. The molecule has 1 aromatic carbocycles. The summed E-state index contributed by atoms with van der Waals surface area (Å²) in [6, 6.07) is 5.07. The van der Waals surface area contributed by atoms with Crippen LogP contribution in [-0.2, 0) is 6.54 Å². The summed E-state index contributed by atoms with van der Waals surface area (Å²) in [4.78, 5) is 0. The lowest BCUT2D eigenvalue weighted by Gasteiger charge is -2.14. The van der Waals surface area contributed by atoms with Crippen LogP contribution in [0.3, 0.4) is 0 Å². The molecule has 108 valence electrons. The van der Waals surface area contributed by atoms with Gasteiger partial charge in [-0.15, -0.1) is 0 Å². The number of nitrogens with one attached hydrogen (secondary N) is 1.